The van der Waals surface area contributed by atoms with E-state index in [0.717, 1.165) is 19.3 Å². The van der Waals surface area contributed by atoms with E-state index in [1.165, 1.54) is 12.8 Å². The van der Waals surface area contributed by atoms with Gasteiger partial charge in [-0.05, 0) is 12.8 Å². The first-order valence-corrected chi connectivity index (χ1v) is 3.97. The number of unbranched alkanes of at least 4 members (excludes halogenated alkanes) is 4. The average molecular weight is 335 g/mol. The van der Waals surface area contributed by atoms with E-state index in [1.807, 2.05) is 0 Å². The zero-order valence-electron chi connectivity index (χ0n) is 6.89. The third-order valence-corrected chi connectivity index (χ3v) is 1.48. The van der Waals surface area contributed by atoms with Gasteiger partial charge in [0.15, 0.2) is 0 Å². The molecule has 3 heteroatoms. The molecule has 66 valence electrons. The number of carbonyl (C=O) groups is 1. The van der Waals surface area contributed by atoms with Crippen LogP contribution in [-0.2, 0) is 24.9 Å². The van der Waals surface area contributed by atoms with Crippen LogP contribution in [-0.4, -0.2) is 5.97 Å². The van der Waals surface area contributed by atoms with Crippen molar-refractivity contribution in [3.05, 3.63) is 0 Å². The van der Waals surface area contributed by atoms with Crippen LogP contribution in [0.5, 0.6) is 0 Å². The topological polar surface area (TPSA) is 40.1 Å². The van der Waals surface area contributed by atoms with Gasteiger partial charge in [0, 0.05) is 5.97 Å². The minimum Gasteiger partial charge on any atom is -0.550 e. The monoisotopic (exact) mass is 336 g/mol. The van der Waals surface area contributed by atoms with Crippen LogP contribution in [0.2, 0.25) is 0 Å². The van der Waals surface area contributed by atoms with Gasteiger partial charge in [-0.2, -0.15) is 0 Å². The van der Waals surface area contributed by atoms with Gasteiger partial charge in [-0.3, -0.25) is 0 Å². The molecular weight excluding hydrogens is 320 g/mol. The summed E-state index contributed by atoms with van der Waals surface area (Å²) in [6.45, 7) is 2.14. The van der Waals surface area contributed by atoms with E-state index in [9.17, 15) is 9.90 Å². The molecule has 0 aliphatic rings. The van der Waals surface area contributed by atoms with Crippen molar-refractivity contribution in [3.8, 4) is 0 Å². The first kappa shape index (κ1) is 13.7. The third kappa shape index (κ3) is 13.2. The van der Waals surface area contributed by atoms with Crippen molar-refractivity contribution >= 4 is 5.97 Å². The quantitative estimate of drug-likeness (QED) is 0.682. The van der Waals surface area contributed by atoms with Gasteiger partial charge >= 0.3 is 20.1 Å². The summed E-state index contributed by atoms with van der Waals surface area (Å²) in [6.07, 6.45) is 5.61. The molecule has 0 unspecified atom stereocenters. The maximum absolute atomic E-state index is 9.92. The minimum absolute atomic E-state index is 0. The Bertz CT molecular complexity index is 94.1. The molecule has 0 N–H and O–H groups in total. The van der Waals surface area contributed by atoms with Crippen LogP contribution >= 0.6 is 0 Å². The molecule has 0 rings (SSSR count). The van der Waals surface area contributed by atoms with Gasteiger partial charge < -0.3 is 9.90 Å². The van der Waals surface area contributed by atoms with Gasteiger partial charge in [-0.25, -0.2) is 0 Å². The molecule has 0 radical (unpaired) electrons. The predicted molar refractivity (Wildman–Crippen MR) is 38.4 cm³/mol. The van der Waals surface area contributed by atoms with E-state index in [1.54, 1.807) is 0 Å². The number of aliphatic carboxylic acids is 1. The Morgan fingerprint density at radius 3 is 2.18 bits per heavy atom. The molecule has 0 aromatic rings. The van der Waals surface area contributed by atoms with Crippen molar-refractivity contribution in [1.82, 2.24) is 0 Å². The minimum atomic E-state index is -0.920. The van der Waals surface area contributed by atoms with Gasteiger partial charge in [-0.1, -0.05) is 32.6 Å². The van der Waals surface area contributed by atoms with E-state index in [4.69, 9.17) is 0 Å². The predicted octanol–water partition coefficient (Wildman–Crippen LogP) is 1.09. The number of carbonyl (C=O) groups excluding carboxylic acids is 1. The van der Waals surface area contributed by atoms with Crippen LogP contribution in [0.4, 0.5) is 0 Å². The first-order chi connectivity index (χ1) is 4.77. The summed E-state index contributed by atoms with van der Waals surface area (Å²) in [7, 11) is 0. The summed E-state index contributed by atoms with van der Waals surface area (Å²) in [5.41, 5.74) is 0. The molecular formula is C8H15IrO2+2. The van der Waals surface area contributed by atoms with E-state index in [2.05, 4.69) is 6.92 Å². The molecule has 0 atom stereocenters. The number of carboxylic acid groups (broad SMARTS) is 1. The fraction of sp³-hybridized carbons (Fsp3) is 0.875. The number of hydrogen-bond donors (Lipinski definition) is 0. The molecule has 0 spiro atoms. The average Bonchev–Trinajstić information content (AvgIpc) is 1.87. The van der Waals surface area contributed by atoms with Crippen LogP contribution in [0.1, 0.15) is 45.4 Å². The Morgan fingerprint density at radius 2 is 1.73 bits per heavy atom. The van der Waals surface area contributed by atoms with Crippen LogP contribution in [0.15, 0.2) is 0 Å². The van der Waals surface area contributed by atoms with Crippen molar-refractivity contribution in [1.29, 1.82) is 0 Å². The summed E-state index contributed by atoms with van der Waals surface area (Å²) < 4.78 is 0. The second-order valence-corrected chi connectivity index (χ2v) is 2.54. The Kier molecular flexibility index (Phi) is 12.6. The SMILES string of the molecule is CCCCCCCC(=O)[O-].[Ir+3]. The summed E-state index contributed by atoms with van der Waals surface area (Å²) in [5.74, 6) is -0.920. The molecule has 0 saturated heterocycles. The zero-order valence-corrected chi connectivity index (χ0v) is 9.29. The van der Waals surface area contributed by atoms with Crippen LogP contribution < -0.4 is 5.11 Å². The first-order valence-electron chi connectivity index (χ1n) is 3.97. The van der Waals surface area contributed by atoms with E-state index < -0.39 is 5.97 Å². The summed E-state index contributed by atoms with van der Waals surface area (Å²) >= 11 is 0. The van der Waals surface area contributed by atoms with Crippen molar-refractivity contribution in [3.63, 3.8) is 0 Å². The maximum atomic E-state index is 9.92. The van der Waals surface area contributed by atoms with Gasteiger partial charge in [0.25, 0.3) is 0 Å². The molecule has 0 aliphatic heterocycles. The second kappa shape index (κ2) is 10.1. The maximum Gasteiger partial charge on any atom is 3.00 e. The van der Waals surface area contributed by atoms with E-state index >= 15 is 0 Å². The van der Waals surface area contributed by atoms with Crippen molar-refractivity contribution in [2.45, 2.75) is 45.4 Å². The van der Waals surface area contributed by atoms with Gasteiger partial charge in [0.05, 0.1) is 0 Å². The van der Waals surface area contributed by atoms with Crippen LogP contribution in [0.3, 0.4) is 0 Å². The fourth-order valence-corrected chi connectivity index (χ4v) is 0.873. The molecule has 0 saturated carbocycles. The summed E-state index contributed by atoms with van der Waals surface area (Å²) in [5, 5.41) is 9.92. The van der Waals surface area contributed by atoms with Gasteiger partial charge in [-0.15, -0.1) is 0 Å². The fourth-order valence-electron chi connectivity index (χ4n) is 0.873. The summed E-state index contributed by atoms with van der Waals surface area (Å²) in [4.78, 5) is 9.92. The van der Waals surface area contributed by atoms with E-state index in [-0.39, 0.29) is 26.5 Å². The van der Waals surface area contributed by atoms with E-state index in [0.29, 0.717) is 0 Å². The molecule has 0 aromatic heterocycles. The van der Waals surface area contributed by atoms with Gasteiger partial charge in [0.1, 0.15) is 0 Å². The van der Waals surface area contributed by atoms with Crippen molar-refractivity contribution < 1.29 is 30.0 Å². The van der Waals surface area contributed by atoms with Crippen LogP contribution in [0.25, 0.3) is 0 Å². The third-order valence-electron chi connectivity index (χ3n) is 1.48. The molecule has 11 heavy (non-hydrogen) atoms. The number of hydrogen-bond acceptors (Lipinski definition) is 2. The Labute approximate surface area is 81.7 Å². The smallest absolute Gasteiger partial charge is 0.550 e. The molecule has 0 amide bonds. The molecule has 0 aromatic carbocycles. The number of carboxylic acids is 1. The summed E-state index contributed by atoms with van der Waals surface area (Å²) in [6, 6.07) is 0. The zero-order chi connectivity index (χ0) is 7.82. The van der Waals surface area contributed by atoms with Crippen LogP contribution in [0, 0.1) is 0 Å². The largest absolute Gasteiger partial charge is 3.00 e. The molecule has 0 bridgehead atoms. The Balaban J connectivity index is 0. The number of rotatable bonds is 6. The molecule has 0 aliphatic carbocycles. The molecule has 2 nitrogen and oxygen atoms in total. The molecule has 0 heterocycles. The van der Waals surface area contributed by atoms with Crippen molar-refractivity contribution in [2.24, 2.45) is 0 Å². The molecule has 0 fully saturated rings. The van der Waals surface area contributed by atoms with Crippen molar-refractivity contribution in [2.75, 3.05) is 0 Å². The second-order valence-electron chi connectivity index (χ2n) is 2.54. The standard InChI is InChI=1S/C8H16O2.Ir/c1-2-3-4-5-6-7-8(9)10;/h2-7H2,1H3,(H,9,10);/q;+3/p-1. The Morgan fingerprint density at radius 1 is 1.18 bits per heavy atom. The normalized spacial score (nSPS) is 8.82. The van der Waals surface area contributed by atoms with Gasteiger partial charge in [0.2, 0.25) is 0 Å². The Hall–Kier alpha value is 0.119.